The van der Waals surface area contributed by atoms with Gasteiger partial charge in [-0.05, 0) is 35.2 Å². The Morgan fingerprint density at radius 2 is 2.00 bits per heavy atom. The molecule has 7 heteroatoms. The van der Waals surface area contributed by atoms with Crippen LogP contribution in [0.1, 0.15) is 28.6 Å². The number of carbonyl (C=O) groups is 1. The SMILES string of the molecule is COc1ccc2c(c1)CN(C(=O)COCc1ncnn1C)C(c1ccccc1)C2. The lowest BCUT2D eigenvalue weighted by Crippen LogP contribution is -2.40. The van der Waals surface area contributed by atoms with Crippen molar-refractivity contribution in [1.29, 1.82) is 0 Å². The summed E-state index contributed by atoms with van der Waals surface area (Å²) in [7, 11) is 3.45. The van der Waals surface area contributed by atoms with Crippen LogP contribution in [0.25, 0.3) is 0 Å². The van der Waals surface area contributed by atoms with Gasteiger partial charge in [-0.2, -0.15) is 5.10 Å². The number of methoxy groups -OCH3 is 1. The van der Waals surface area contributed by atoms with Gasteiger partial charge in [0.25, 0.3) is 0 Å². The second-order valence-electron chi connectivity index (χ2n) is 7.08. The van der Waals surface area contributed by atoms with Crippen molar-refractivity contribution in [3.05, 3.63) is 77.4 Å². The molecule has 7 nitrogen and oxygen atoms in total. The van der Waals surface area contributed by atoms with Crippen LogP contribution in [0.5, 0.6) is 5.75 Å². The summed E-state index contributed by atoms with van der Waals surface area (Å²) in [4.78, 5) is 19.1. The highest BCUT2D eigenvalue weighted by Crippen LogP contribution is 2.34. The van der Waals surface area contributed by atoms with Gasteiger partial charge < -0.3 is 14.4 Å². The highest BCUT2D eigenvalue weighted by molar-refractivity contribution is 5.78. The van der Waals surface area contributed by atoms with Crippen molar-refractivity contribution >= 4 is 5.91 Å². The van der Waals surface area contributed by atoms with Crippen LogP contribution in [0, 0.1) is 0 Å². The first-order valence-corrected chi connectivity index (χ1v) is 9.56. The lowest BCUT2D eigenvalue weighted by Gasteiger charge is -2.37. The number of hydrogen-bond acceptors (Lipinski definition) is 5. The summed E-state index contributed by atoms with van der Waals surface area (Å²) in [6.45, 7) is 0.768. The molecule has 2 aromatic carbocycles. The van der Waals surface area contributed by atoms with Crippen LogP contribution in [0.3, 0.4) is 0 Å². The molecule has 1 aliphatic rings. The maximum atomic E-state index is 13.1. The molecule has 29 heavy (non-hydrogen) atoms. The molecule has 1 aromatic heterocycles. The van der Waals surface area contributed by atoms with Crippen molar-refractivity contribution in [1.82, 2.24) is 19.7 Å². The average molecular weight is 392 g/mol. The molecule has 0 spiro atoms. The van der Waals surface area contributed by atoms with Gasteiger partial charge in [0.05, 0.1) is 13.2 Å². The molecule has 0 fully saturated rings. The molecule has 0 bridgehead atoms. The first-order chi connectivity index (χ1) is 14.2. The third-order valence-corrected chi connectivity index (χ3v) is 5.31. The van der Waals surface area contributed by atoms with E-state index in [0.29, 0.717) is 12.4 Å². The van der Waals surface area contributed by atoms with E-state index in [1.165, 1.54) is 11.9 Å². The first kappa shape index (κ1) is 19.1. The Labute approximate surface area is 169 Å². The van der Waals surface area contributed by atoms with E-state index in [1.54, 1.807) is 18.8 Å². The van der Waals surface area contributed by atoms with Crippen molar-refractivity contribution in [2.75, 3.05) is 13.7 Å². The van der Waals surface area contributed by atoms with Gasteiger partial charge in [-0.1, -0.05) is 36.4 Å². The summed E-state index contributed by atoms with van der Waals surface area (Å²) >= 11 is 0. The van der Waals surface area contributed by atoms with E-state index in [-0.39, 0.29) is 25.2 Å². The molecule has 2 heterocycles. The van der Waals surface area contributed by atoms with Crippen LogP contribution in [0.4, 0.5) is 0 Å². The minimum atomic E-state index is -0.0468. The predicted octanol–water partition coefficient (Wildman–Crippen LogP) is 2.67. The number of carbonyl (C=O) groups excluding carboxylic acids is 1. The molecule has 1 atom stereocenters. The van der Waals surface area contributed by atoms with Gasteiger partial charge in [-0.15, -0.1) is 0 Å². The Hall–Kier alpha value is -3.19. The number of hydrogen-bond donors (Lipinski definition) is 0. The van der Waals surface area contributed by atoms with Crippen LogP contribution >= 0.6 is 0 Å². The number of aromatic nitrogens is 3. The second kappa shape index (κ2) is 8.45. The molecule has 3 aromatic rings. The molecule has 1 aliphatic heterocycles. The third kappa shape index (κ3) is 4.14. The molecule has 4 rings (SSSR count). The molecule has 0 saturated carbocycles. The molecule has 0 N–H and O–H groups in total. The largest absolute Gasteiger partial charge is 0.497 e. The number of amides is 1. The van der Waals surface area contributed by atoms with Gasteiger partial charge in [-0.25, -0.2) is 4.98 Å². The predicted molar refractivity (Wildman–Crippen MR) is 107 cm³/mol. The number of benzene rings is 2. The van der Waals surface area contributed by atoms with E-state index in [2.05, 4.69) is 28.3 Å². The van der Waals surface area contributed by atoms with Crippen LogP contribution in [-0.2, 0) is 36.2 Å². The fourth-order valence-electron chi connectivity index (χ4n) is 3.69. The smallest absolute Gasteiger partial charge is 0.249 e. The number of fused-ring (bicyclic) bond motifs is 1. The van der Waals surface area contributed by atoms with Gasteiger partial charge in [0.15, 0.2) is 5.82 Å². The van der Waals surface area contributed by atoms with Gasteiger partial charge in [0.1, 0.15) is 25.3 Å². The Kier molecular flexibility index (Phi) is 5.57. The highest BCUT2D eigenvalue weighted by atomic mass is 16.5. The monoisotopic (exact) mass is 392 g/mol. The number of ether oxygens (including phenoxy) is 2. The third-order valence-electron chi connectivity index (χ3n) is 5.31. The molecule has 1 unspecified atom stereocenters. The average Bonchev–Trinajstić information content (AvgIpc) is 3.17. The number of nitrogens with zero attached hydrogens (tertiary/aromatic N) is 4. The zero-order valence-electron chi connectivity index (χ0n) is 16.6. The summed E-state index contributed by atoms with van der Waals surface area (Å²) in [5.41, 5.74) is 3.47. The Morgan fingerprint density at radius 1 is 1.17 bits per heavy atom. The number of aryl methyl sites for hydroxylation is 1. The maximum Gasteiger partial charge on any atom is 0.249 e. The van der Waals surface area contributed by atoms with E-state index in [9.17, 15) is 4.79 Å². The topological polar surface area (TPSA) is 69.5 Å². The summed E-state index contributed by atoms with van der Waals surface area (Å²) < 4.78 is 12.7. The Morgan fingerprint density at radius 3 is 2.72 bits per heavy atom. The summed E-state index contributed by atoms with van der Waals surface area (Å²) in [5.74, 6) is 1.44. The minimum Gasteiger partial charge on any atom is -0.497 e. The minimum absolute atomic E-state index is 0.00447. The zero-order valence-corrected chi connectivity index (χ0v) is 16.6. The fraction of sp³-hybridized carbons (Fsp3) is 0.318. The zero-order chi connectivity index (χ0) is 20.2. The maximum absolute atomic E-state index is 13.1. The fourth-order valence-corrected chi connectivity index (χ4v) is 3.69. The van der Waals surface area contributed by atoms with Crippen molar-refractivity contribution in [3.8, 4) is 5.75 Å². The lowest BCUT2D eigenvalue weighted by atomic mass is 9.89. The molecular formula is C22H24N4O3. The molecule has 150 valence electrons. The van der Waals surface area contributed by atoms with Crippen LogP contribution < -0.4 is 4.74 Å². The quantitative estimate of drug-likeness (QED) is 0.645. The van der Waals surface area contributed by atoms with Gasteiger partial charge in [0.2, 0.25) is 5.91 Å². The molecule has 0 saturated heterocycles. The van der Waals surface area contributed by atoms with Crippen molar-refractivity contribution < 1.29 is 14.3 Å². The molecule has 0 aliphatic carbocycles. The standard InChI is InChI=1S/C22H24N4O3/c1-25-21(23-15-24-25)13-29-14-22(27)26-12-18-10-19(28-2)9-8-17(18)11-20(26)16-6-4-3-5-7-16/h3-10,15,20H,11-14H2,1-2H3. The van der Waals surface area contributed by atoms with E-state index >= 15 is 0 Å². The van der Waals surface area contributed by atoms with Crippen molar-refractivity contribution in [2.24, 2.45) is 7.05 Å². The normalized spacial score (nSPS) is 15.8. The van der Waals surface area contributed by atoms with Crippen LogP contribution in [-0.4, -0.2) is 39.3 Å². The lowest BCUT2D eigenvalue weighted by molar-refractivity contribution is -0.140. The first-order valence-electron chi connectivity index (χ1n) is 9.56. The number of rotatable bonds is 6. The molecule has 1 amide bonds. The molecular weight excluding hydrogens is 368 g/mol. The van der Waals surface area contributed by atoms with Gasteiger partial charge in [0, 0.05) is 13.6 Å². The van der Waals surface area contributed by atoms with E-state index in [4.69, 9.17) is 9.47 Å². The Balaban J connectivity index is 1.53. The van der Waals surface area contributed by atoms with Crippen molar-refractivity contribution in [2.45, 2.75) is 25.6 Å². The van der Waals surface area contributed by atoms with Crippen LogP contribution in [0.15, 0.2) is 54.9 Å². The molecule has 0 radical (unpaired) electrons. The Bertz CT molecular complexity index is 987. The van der Waals surface area contributed by atoms with Gasteiger partial charge in [-0.3, -0.25) is 9.48 Å². The van der Waals surface area contributed by atoms with Gasteiger partial charge >= 0.3 is 0 Å². The summed E-state index contributed by atoms with van der Waals surface area (Å²) in [5, 5.41) is 4.02. The van der Waals surface area contributed by atoms with Crippen molar-refractivity contribution in [3.63, 3.8) is 0 Å². The van der Waals surface area contributed by atoms with E-state index in [0.717, 1.165) is 23.3 Å². The second-order valence-corrected chi connectivity index (χ2v) is 7.08. The van der Waals surface area contributed by atoms with E-state index < -0.39 is 0 Å². The summed E-state index contributed by atoms with van der Waals surface area (Å²) in [6.07, 6.45) is 2.24. The van der Waals surface area contributed by atoms with E-state index in [1.807, 2.05) is 35.2 Å². The highest BCUT2D eigenvalue weighted by Gasteiger charge is 2.31. The summed E-state index contributed by atoms with van der Waals surface area (Å²) in [6, 6.07) is 16.2. The van der Waals surface area contributed by atoms with Crippen LogP contribution in [0.2, 0.25) is 0 Å².